The standard InChI is InChI=1S/C19H18N4O3.C2H4O2/c1-3-24-12-7-14-17-16(8-12)25-10(2)9-23(17)18(21-14)11-4-5-15-13(6-11)22-19(20)26-15;1-4-2-3/h4-8,10H,3,9H2,1-2H3,(H2,20,22);2H,1H3/t10-;/m1./s1. The lowest BCUT2D eigenvalue weighted by Crippen LogP contribution is -2.24. The molecular formula is C21H22N4O5. The Bertz CT molecular complexity index is 1210. The number of methoxy groups -OCH3 is 1. The van der Waals surface area contributed by atoms with Gasteiger partial charge in [-0.3, -0.25) is 4.79 Å². The Balaban J connectivity index is 0.000000503. The molecule has 9 nitrogen and oxygen atoms in total. The van der Waals surface area contributed by atoms with Gasteiger partial charge in [0.15, 0.2) is 5.58 Å². The molecule has 4 aromatic rings. The average Bonchev–Trinajstić information content (AvgIpc) is 3.27. The highest BCUT2D eigenvalue weighted by molar-refractivity contribution is 5.89. The third-order valence-electron chi connectivity index (χ3n) is 4.62. The summed E-state index contributed by atoms with van der Waals surface area (Å²) in [5, 5.41) is 0. The first-order chi connectivity index (χ1) is 14.5. The zero-order valence-corrected chi connectivity index (χ0v) is 16.9. The van der Waals surface area contributed by atoms with Gasteiger partial charge in [0.1, 0.15) is 34.5 Å². The van der Waals surface area contributed by atoms with Crippen LogP contribution >= 0.6 is 0 Å². The van der Waals surface area contributed by atoms with E-state index in [4.69, 9.17) is 29.4 Å². The molecule has 0 fully saturated rings. The van der Waals surface area contributed by atoms with Gasteiger partial charge in [-0.1, -0.05) is 0 Å². The summed E-state index contributed by atoms with van der Waals surface area (Å²) in [7, 11) is 1.31. The summed E-state index contributed by atoms with van der Waals surface area (Å²) in [5.74, 6) is 2.43. The van der Waals surface area contributed by atoms with Crippen molar-refractivity contribution in [3.05, 3.63) is 30.3 Å². The van der Waals surface area contributed by atoms with Crippen LogP contribution in [0.2, 0.25) is 0 Å². The molecule has 5 rings (SSSR count). The number of hydrogen-bond donors (Lipinski definition) is 1. The minimum absolute atomic E-state index is 0.0435. The van der Waals surface area contributed by atoms with Gasteiger partial charge in [0.2, 0.25) is 0 Å². The van der Waals surface area contributed by atoms with Crippen molar-refractivity contribution < 1.29 is 23.4 Å². The molecule has 0 unspecified atom stereocenters. The maximum atomic E-state index is 8.95. The number of carbonyl (C=O) groups excluding carboxylic acids is 1. The molecule has 0 saturated carbocycles. The first kappa shape index (κ1) is 19.6. The second-order valence-corrected chi connectivity index (χ2v) is 6.76. The number of benzene rings is 2. The van der Waals surface area contributed by atoms with E-state index < -0.39 is 0 Å². The third-order valence-corrected chi connectivity index (χ3v) is 4.62. The van der Waals surface area contributed by atoms with Crippen molar-refractivity contribution in [1.82, 2.24) is 14.5 Å². The largest absolute Gasteiger partial charge is 0.494 e. The molecule has 0 saturated heterocycles. The van der Waals surface area contributed by atoms with Gasteiger partial charge in [-0.2, -0.15) is 4.98 Å². The maximum Gasteiger partial charge on any atom is 0.292 e. The quantitative estimate of drug-likeness (QED) is 0.509. The van der Waals surface area contributed by atoms with Gasteiger partial charge in [0.05, 0.1) is 25.8 Å². The first-order valence-corrected chi connectivity index (χ1v) is 9.50. The number of oxazole rings is 1. The van der Waals surface area contributed by atoms with Crippen LogP contribution in [0, 0.1) is 0 Å². The van der Waals surface area contributed by atoms with Crippen LogP contribution in [0.5, 0.6) is 11.5 Å². The summed E-state index contributed by atoms with van der Waals surface area (Å²) in [6.07, 6.45) is 0.0435. The Hall–Kier alpha value is -3.75. The second kappa shape index (κ2) is 7.94. The molecule has 0 amide bonds. The molecule has 1 aliphatic rings. The number of rotatable bonds is 4. The van der Waals surface area contributed by atoms with Gasteiger partial charge < -0.3 is 28.9 Å². The van der Waals surface area contributed by atoms with Crippen molar-refractivity contribution in [2.75, 3.05) is 19.5 Å². The number of nitrogen functional groups attached to an aromatic ring is 1. The number of nitrogens with zero attached hydrogens (tertiary/aromatic N) is 3. The topological polar surface area (TPSA) is 115 Å². The fourth-order valence-electron chi connectivity index (χ4n) is 3.54. The highest BCUT2D eigenvalue weighted by Crippen LogP contribution is 2.38. The minimum atomic E-state index is 0.0435. The number of anilines is 1. The highest BCUT2D eigenvalue weighted by atomic mass is 16.5. The van der Waals surface area contributed by atoms with Crippen LogP contribution in [0.25, 0.3) is 33.5 Å². The van der Waals surface area contributed by atoms with Crippen LogP contribution in [0.4, 0.5) is 6.01 Å². The fraction of sp³-hybridized carbons (Fsp3) is 0.286. The molecule has 1 atom stereocenters. The van der Waals surface area contributed by atoms with E-state index in [1.54, 1.807) is 0 Å². The Morgan fingerprint density at radius 1 is 1.27 bits per heavy atom. The van der Waals surface area contributed by atoms with E-state index in [0.717, 1.165) is 46.0 Å². The lowest BCUT2D eigenvalue weighted by atomic mass is 10.2. The molecule has 30 heavy (non-hydrogen) atoms. The molecule has 2 N–H and O–H groups in total. The molecule has 0 spiro atoms. The molecule has 0 radical (unpaired) electrons. The number of fused-ring (bicyclic) bond motifs is 1. The molecule has 1 aliphatic heterocycles. The monoisotopic (exact) mass is 410 g/mol. The lowest BCUT2D eigenvalue weighted by molar-refractivity contribution is -0.126. The SMILES string of the molecule is CCOc1cc2c3c(c1)nc(-c1ccc4oc(N)nc4c1)n3C[C@@H](C)O2.COC=O. The number of hydrogen-bond acceptors (Lipinski definition) is 8. The first-order valence-electron chi connectivity index (χ1n) is 9.50. The predicted octanol–water partition coefficient (Wildman–Crippen LogP) is 3.40. The average molecular weight is 410 g/mol. The van der Waals surface area contributed by atoms with E-state index in [-0.39, 0.29) is 12.1 Å². The van der Waals surface area contributed by atoms with Crippen molar-refractivity contribution in [2.24, 2.45) is 0 Å². The molecular weight excluding hydrogens is 388 g/mol. The number of ether oxygens (including phenoxy) is 3. The number of imidazole rings is 1. The second-order valence-electron chi connectivity index (χ2n) is 6.76. The number of carbonyl (C=O) groups is 1. The molecule has 2 aromatic heterocycles. The Kier molecular flexibility index (Phi) is 5.18. The van der Waals surface area contributed by atoms with E-state index >= 15 is 0 Å². The summed E-state index contributed by atoms with van der Waals surface area (Å²) in [5.41, 5.74) is 9.84. The van der Waals surface area contributed by atoms with Crippen LogP contribution in [0.3, 0.4) is 0 Å². The van der Waals surface area contributed by atoms with Crippen molar-refractivity contribution in [1.29, 1.82) is 0 Å². The van der Waals surface area contributed by atoms with Gasteiger partial charge in [-0.05, 0) is 32.0 Å². The van der Waals surface area contributed by atoms with Crippen LogP contribution < -0.4 is 15.2 Å². The summed E-state index contributed by atoms with van der Waals surface area (Å²) in [6.45, 7) is 5.71. The molecule has 0 aliphatic carbocycles. The lowest BCUT2D eigenvalue weighted by Gasteiger charge is -2.24. The third kappa shape index (κ3) is 3.49. The van der Waals surface area contributed by atoms with Gasteiger partial charge in [0, 0.05) is 17.7 Å². The van der Waals surface area contributed by atoms with Gasteiger partial charge in [0.25, 0.3) is 12.5 Å². The Morgan fingerprint density at radius 3 is 2.80 bits per heavy atom. The molecule has 3 heterocycles. The van der Waals surface area contributed by atoms with E-state index in [2.05, 4.69) is 14.3 Å². The van der Waals surface area contributed by atoms with Gasteiger partial charge in [-0.15, -0.1) is 0 Å². The summed E-state index contributed by atoms with van der Waals surface area (Å²) >= 11 is 0. The molecule has 0 bridgehead atoms. The zero-order chi connectivity index (χ0) is 21.3. The smallest absolute Gasteiger partial charge is 0.292 e. The van der Waals surface area contributed by atoms with E-state index in [0.29, 0.717) is 18.7 Å². The van der Waals surface area contributed by atoms with E-state index in [1.165, 1.54) is 7.11 Å². The van der Waals surface area contributed by atoms with E-state index in [9.17, 15) is 0 Å². The summed E-state index contributed by atoms with van der Waals surface area (Å²) in [4.78, 5) is 18.0. The minimum Gasteiger partial charge on any atom is -0.494 e. The maximum absolute atomic E-state index is 8.95. The molecule has 156 valence electrons. The normalized spacial score (nSPS) is 14.7. The fourth-order valence-corrected chi connectivity index (χ4v) is 3.54. The number of nitrogens with two attached hydrogens (primary N) is 1. The zero-order valence-electron chi connectivity index (χ0n) is 16.9. The number of aromatic nitrogens is 3. The Labute approximate surface area is 172 Å². The van der Waals surface area contributed by atoms with Gasteiger partial charge >= 0.3 is 0 Å². The van der Waals surface area contributed by atoms with E-state index in [1.807, 2.05) is 44.2 Å². The molecule has 9 heteroatoms. The van der Waals surface area contributed by atoms with Crippen LogP contribution in [-0.4, -0.2) is 40.8 Å². The van der Waals surface area contributed by atoms with Crippen LogP contribution in [0.1, 0.15) is 13.8 Å². The van der Waals surface area contributed by atoms with Crippen molar-refractivity contribution >= 4 is 34.6 Å². The van der Waals surface area contributed by atoms with Gasteiger partial charge in [-0.25, -0.2) is 4.98 Å². The van der Waals surface area contributed by atoms with Crippen molar-refractivity contribution in [3.8, 4) is 22.9 Å². The molecule has 2 aromatic carbocycles. The Morgan fingerprint density at radius 2 is 2.07 bits per heavy atom. The van der Waals surface area contributed by atoms with Crippen LogP contribution in [-0.2, 0) is 16.1 Å². The van der Waals surface area contributed by atoms with Crippen LogP contribution in [0.15, 0.2) is 34.7 Å². The summed E-state index contributed by atoms with van der Waals surface area (Å²) in [6, 6.07) is 9.84. The highest BCUT2D eigenvalue weighted by Gasteiger charge is 2.25. The van der Waals surface area contributed by atoms with Crippen molar-refractivity contribution in [3.63, 3.8) is 0 Å². The summed E-state index contributed by atoms with van der Waals surface area (Å²) < 4.78 is 23.1. The predicted molar refractivity (Wildman–Crippen MR) is 111 cm³/mol. The van der Waals surface area contributed by atoms with Crippen molar-refractivity contribution in [2.45, 2.75) is 26.5 Å².